The largest absolute Gasteiger partial charge is 0.0654 e. The molecule has 0 bridgehead atoms. The first kappa shape index (κ1) is 22.0. The Morgan fingerprint density at radius 2 is 0.818 bits per heavy atom. The molecule has 134 valence electrons. The lowest BCUT2D eigenvalue weighted by atomic mass is 9.89. The van der Waals surface area contributed by atoms with Gasteiger partial charge in [-0.1, -0.05) is 130 Å². The van der Waals surface area contributed by atoms with Crippen LogP contribution in [0.25, 0.3) is 0 Å². The number of rotatable bonds is 17. The lowest BCUT2D eigenvalue weighted by Gasteiger charge is -2.17. The first-order valence-electron chi connectivity index (χ1n) is 10.7. The zero-order valence-electron chi connectivity index (χ0n) is 16.5. The van der Waals surface area contributed by atoms with Crippen LogP contribution in [-0.2, 0) is 0 Å². The predicted octanol–water partition coefficient (Wildman–Crippen LogP) is 8.54. The maximum absolute atomic E-state index is 2.44. The Morgan fingerprint density at radius 1 is 0.455 bits per heavy atom. The van der Waals surface area contributed by atoms with Crippen LogP contribution in [0.5, 0.6) is 0 Å². The summed E-state index contributed by atoms with van der Waals surface area (Å²) in [6.45, 7) is 9.48. The highest BCUT2D eigenvalue weighted by Crippen LogP contribution is 2.21. The zero-order chi connectivity index (χ0) is 16.5. The Hall–Kier alpha value is 0. The molecule has 0 amide bonds. The van der Waals surface area contributed by atoms with Crippen LogP contribution in [0.2, 0.25) is 0 Å². The first-order chi connectivity index (χ1) is 10.7. The molecule has 0 aromatic heterocycles. The van der Waals surface area contributed by atoms with Crippen LogP contribution in [0.4, 0.5) is 0 Å². The highest BCUT2D eigenvalue weighted by Gasteiger charge is 2.08. The van der Waals surface area contributed by atoms with Crippen LogP contribution in [0.3, 0.4) is 0 Å². The van der Waals surface area contributed by atoms with Crippen LogP contribution >= 0.6 is 0 Å². The van der Waals surface area contributed by atoms with Gasteiger partial charge in [0.1, 0.15) is 0 Å². The monoisotopic (exact) mass is 310 g/mol. The van der Waals surface area contributed by atoms with Crippen LogP contribution in [0, 0.1) is 11.8 Å². The topological polar surface area (TPSA) is 0 Å². The minimum absolute atomic E-state index is 0.918. The molecule has 0 aromatic carbocycles. The summed E-state index contributed by atoms with van der Waals surface area (Å²) in [6.07, 6.45) is 23.3. The van der Waals surface area contributed by atoms with E-state index in [4.69, 9.17) is 0 Å². The molecule has 0 aromatic rings. The van der Waals surface area contributed by atoms with E-state index in [0.717, 1.165) is 11.8 Å². The highest BCUT2D eigenvalue weighted by atomic mass is 14.1. The molecule has 0 spiro atoms. The van der Waals surface area contributed by atoms with Crippen molar-refractivity contribution >= 4 is 0 Å². The first-order valence-corrected chi connectivity index (χ1v) is 10.7. The zero-order valence-corrected chi connectivity index (χ0v) is 16.5. The SMILES string of the molecule is CCCCCCCCCCCCCCCCC(C)C(C)CC. The van der Waals surface area contributed by atoms with E-state index in [9.17, 15) is 0 Å². The molecule has 0 saturated heterocycles. The average molecular weight is 311 g/mol. The van der Waals surface area contributed by atoms with Crippen molar-refractivity contribution in [3.8, 4) is 0 Å². The van der Waals surface area contributed by atoms with E-state index in [1.54, 1.807) is 0 Å². The molecular formula is C22H46. The molecule has 0 heteroatoms. The Bertz CT molecular complexity index is 196. The molecule has 0 rings (SSSR count). The minimum Gasteiger partial charge on any atom is -0.0654 e. The van der Waals surface area contributed by atoms with Gasteiger partial charge in [-0.2, -0.15) is 0 Å². The van der Waals surface area contributed by atoms with E-state index < -0.39 is 0 Å². The van der Waals surface area contributed by atoms with Crippen molar-refractivity contribution in [1.29, 1.82) is 0 Å². The van der Waals surface area contributed by atoms with Crippen LogP contribution < -0.4 is 0 Å². The van der Waals surface area contributed by atoms with Crippen molar-refractivity contribution in [3.05, 3.63) is 0 Å². The van der Waals surface area contributed by atoms with E-state index in [1.165, 1.54) is 103 Å². The Balaban J connectivity index is 3.08. The molecule has 0 aliphatic heterocycles. The molecule has 0 heterocycles. The van der Waals surface area contributed by atoms with Crippen molar-refractivity contribution in [2.24, 2.45) is 11.8 Å². The van der Waals surface area contributed by atoms with Crippen molar-refractivity contribution in [1.82, 2.24) is 0 Å². The number of hydrogen-bond donors (Lipinski definition) is 0. The lowest BCUT2D eigenvalue weighted by Crippen LogP contribution is -2.06. The standard InChI is InChI=1S/C22H46/c1-5-7-8-9-10-11-12-13-14-15-16-17-18-19-20-22(4)21(3)6-2/h21-22H,5-20H2,1-4H3. The highest BCUT2D eigenvalue weighted by molar-refractivity contribution is 4.60. The summed E-state index contributed by atoms with van der Waals surface area (Å²) in [5, 5.41) is 0. The van der Waals surface area contributed by atoms with Crippen molar-refractivity contribution in [2.45, 2.75) is 130 Å². The van der Waals surface area contributed by atoms with Crippen molar-refractivity contribution in [3.63, 3.8) is 0 Å². The molecule has 0 nitrogen and oxygen atoms in total. The fourth-order valence-electron chi connectivity index (χ4n) is 3.35. The second-order valence-electron chi connectivity index (χ2n) is 7.75. The van der Waals surface area contributed by atoms with E-state index in [2.05, 4.69) is 27.7 Å². The van der Waals surface area contributed by atoms with Gasteiger partial charge in [0.25, 0.3) is 0 Å². The molecule has 0 aliphatic carbocycles. The normalized spacial score (nSPS) is 14.2. The van der Waals surface area contributed by atoms with E-state index >= 15 is 0 Å². The van der Waals surface area contributed by atoms with Gasteiger partial charge < -0.3 is 0 Å². The minimum atomic E-state index is 0.918. The summed E-state index contributed by atoms with van der Waals surface area (Å²) in [5.41, 5.74) is 0. The quantitative estimate of drug-likeness (QED) is 0.236. The van der Waals surface area contributed by atoms with Gasteiger partial charge in [0.15, 0.2) is 0 Å². The number of hydrogen-bond acceptors (Lipinski definition) is 0. The number of unbranched alkanes of at least 4 members (excludes halogenated alkanes) is 13. The second-order valence-corrected chi connectivity index (χ2v) is 7.75. The molecular weight excluding hydrogens is 264 g/mol. The molecule has 0 aliphatic rings. The Morgan fingerprint density at radius 3 is 1.18 bits per heavy atom. The summed E-state index contributed by atoms with van der Waals surface area (Å²) in [6, 6.07) is 0. The fraction of sp³-hybridized carbons (Fsp3) is 1.00. The van der Waals surface area contributed by atoms with Crippen molar-refractivity contribution in [2.75, 3.05) is 0 Å². The average Bonchev–Trinajstić information content (AvgIpc) is 2.54. The maximum Gasteiger partial charge on any atom is -0.0417 e. The third-order valence-electron chi connectivity index (χ3n) is 5.63. The van der Waals surface area contributed by atoms with Crippen molar-refractivity contribution < 1.29 is 0 Å². The molecule has 22 heavy (non-hydrogen) atoms. The van der Waals surface area contributed by atoms with Gasteiger partial charge in [-0.3, -0.25) is 0 Å². The summed E-state index contributed by atoms with van der Waals surface area (Å²) >= 11 is 0. The third kappa shape index (κ3) is 14.9. The van der Waals surface area contributed by atoms with Gasteiger partial charge in [0.2, 0.25) is 0 Å². The van der Waals surface area contributed by atoms with E-state index in [1.807, 2.05) is 0 Å². The molecule has 2 unspecified atom stereocenters. The summed E-state index contributed by atoms with van der Waals surface area (Å²) in [4.78, 5) is 0. The van der Waals surface area contributed by atoms with Crippen LogP contribution in [-0.4, -0.2) is 0 Å². The Labute approximate surface area is 142 Å². The van der Waals surface area contributed by atoms with Crippen LogP contribution in [0.15, 0.2) is 0 Å². The fourth-order valence-corrected chi connectivity index (χ4v) is 3.35. The summed E-state index contributed by atoms with van der Waals surface area (Å²) in [7, 11) is 0. The lowest BCUT2D eigenvalue weighted by molar-refractivity contribution is 0.342. The molecule has 0 fully saturated rings. The Kier molecular flexibility index (Phi) is 17.4. The van der Waals surface area contributed by atoms with Crippen LogP contribution in [0.1, 0.15) is 130 Å². The van der Waals surface area contributed by atoms with Gasteiger partial charge in [-0.25, -0.2) is 0 Å². The summed E-state index contributed by atoms with van der Waals surface area (Å²) < 4.78 is 0. The molecule has 2 atom stereocenters. The van der Waals surface area contributed by atoms with Gasteiger partial charge in [0, 0.05) is 0 Å². The van der Waals surface area contributed by atoms with E-state index in [-0.39, 0.29) is 0 Å². The molecule has 0 radical (unpaired) electrons. The van der Waals surface area contributed by atoms with E-state index in [0.29, 0.717) is 0 Å². The van der Waals surface area contributed by atoms with Gasteiger partial charge in [0.05, 0.1) is 0 Å². The predicted molar refractivity (Wildman–Crippen MR) is 104 cm³/mol. The molecule has 0 saturated carbocycles. The maximum atomic E-state index is 2.44. The van der Waals surface area contributed by atoms with Gasteiger partial charge in [-0.15, -0.1) is 0 Å². The smallest absolute Gasteiger partial charge is 0.0417 e. The van der Waals surface area contributed by atoms with Gasteiger partial charge in [-0.05, 0) is 11.8 Å². The van der Waals surface area contributed by atoms with Gasteiger partial charge >= 0.3 is 0 Å². The third-order valence-corrected chi connectivity index (χ3v) is 5.63. The molecule has 0 N–H and O–H groups in total. The second kappa shape index (κ2) is 17.4. The summed E-state index contributed by atoms with van der Waals surface area (Å²) in [5.74, 6) is 1.85.